The van der Waals surface area contributed by atoms with Gasteiger partial charge >= 0.3 is 5.97 Å². The van der Waals surface area contributed by atoms with E-state index in [0.29, 0.717) is 28.4 Å². The molecule has 15 heteroatoms. The number of aliphatic hydroxyl groups excluding tert-OH is 3. The minimum Gasteiger partial charge on any atom is -0.508 e. The van der Waals surface area contributed by atoms with E-state index in [4.69, 9.17) is 42.3 Å². The molecule has 1 fully saturated rings. The van der Waals surface area contributed by atoms with Crippen molar-refractivity contribution in [2.75, 3.05) is 34.7 Å². The standard InChI is InChI=1S/C34H32O15/c1-41-20-11-22-21(45-15-46-22)10-18(20)19-14-44-23-12-24(31(42-2)32(43-3)27(23)28(19)38)47-34-33(30(40)29(39)25(13-35)48-34)49-26(37)9-6-16-4-7-17(36)8-5-16/h4-12,14,25,29-30,33-36,39-40H,13,15H2,1-3H3/b9-6-. The van der Waals surface area contributed by atoms with Crippen LogP contribution in [0.1, 0.15) is 5.56 Å². The van der Waals surface area contributed by atoms with Gasteiger partial charge in [-0.05, 0) is 29.8 Å². The van der Waals surface area contributed by atoms with Gasteiger partial charge in [-0.15, -0.1) is 0 Å². The fourth-order valence-electron chi connectivity index (χ4n) is 5.50. The van der Waals surface area contributed by atoms with E-state index >= 15 is 0 Å². The van der Waals surface area contributed by atoms with Crippen LogP contribution in [0.4, 0.5) is 0 Å². The predicted octanol–water partition coefficient (Wildman–Crippen LogP) is 2.36. The normalized spacial score (nSPS) is 21.5. The molecule has 4 N–H and O–H groups in total. The Bertz CT molecular complexity index is 1930. The van der Waals surface area contributed by atoms with E-state index in [1.807, 2.05) is 0 Å². The van der Waals surface area contributed by atoms with Gasteiger partial charge in [0.05, 0.1) is 33.5 Å². The number of methoxy groups -OCH3 is 3. The largest absolute Gasteiger partial charge is 0.508 e. The highest BCUT2D eigenvalue weighted by atomic mass is 16.7. The molecular weight excluding hydrogens is 648 g/mol. The van der Waals surface area contributed by atoms with Crippen LogP contribution in [0, 0.1) is 0 Å². The number of ether oxygens (including phenoxy) is 8. The zero-order chi connectivity index (χ0) is 34.8. The number of phenols is 1. The average Bonchev–Trinajstić information content (AvgIpc) is 3.57. The number of hydrogen-bond acceptors (Lipinski definition) is 15. The number of fused-ring (bicyclic) bond motifs is 2. The Hall–Kier alpha value is -5.48. The van der Waals surface area contributed by atoms with Gasteiger partial charge in [-0.25, -0.2) is 4.79 Å². The van der Waals surface area contributed by atoms with Crippen molar-refractivity contribution < 1.29 is 67.5 Å². The second kappa shape index (κ2) is 13.9. The molecule has 0 bridgehead atoms. The van der Waals surface area contributed by atoms with Crippen LogP contribution in [0.25, 0.3) is 28.2 Å². The van der Waals surface area contributed by atoms with Gasteiger partial charge in [0.2, 0.25) is 24.3 Å². The highest BCUT2D eigenvalue weighted by Crippen LogP contribution is 2.46. The Balaban J connectivity index is 1.36. The van der Waals surface area contributed by atoms with Gasteiger partial charge in [0, 0.05) is 23.8 Å². The first-order valence-corrected chi connectivity index (χ1v) is 14.8. The summed E-state index contributed by atoms with van der Waals surface area (Å²) in [6.07, 6.45) is -4.25. The monoisotopic (exact) mass is 680 g/mol. The average molecular weight is 681 g/mol. The lowest BCUT2D eigenvalue weighted by molar-refractivity contribution is -0.281. The van der Waals surface area contributed by atoms with Crippen LogP contribution in [0.5, 0.6) is 40.2 Å². The topological polar surface area (TPSA) is 202 Å². The van der Waals surface area contributed by atoms with Crippen molar-refractivity contribution in [1.29, 1.82) is 0 Å². The first-order chi connectivity index (χ1) is 23.7. The second-order valence-corrected chi connectivity index (χ2v) is 10.8. The molecule has 3 heterocycles. The maximum Gasteiger partial charge on any atom is 0.331 e. The van der Waals surface area contributed by atoms with Crippen molar-refractivity contribution in [2.45, 2.75) is 30.7 Å². The minimum atomic E-state index is -1.76. The third-order valence-electron chi connectivity index (χ3n) is 7.96. The van der Waals surface area contributed by atoms with E-state index < -0.39 is 48.7 Å². The number of carbonyl (C=O) groups excluding carboxylic acids is 1. The molecule has 2 aliphatic rings. The molecule has 5 unspecified atom stereocenters. The molecule has 1 aromatic heterocycles. The van der Waals surface area contributed by atoms with E-state index in [9.17, 15) is 30.0 Å². The molecule has 6 rings (SSSR count). The van der Waals surface area contributed by atoms with E-state index in [1.54, 1.807) is 24.3 Å². The maximum atomic E-state index is 14.0. The SMILES string of the molecule is COc1cc2c(cc1-c1coc3cc(OC4OC(CO)C(O)C(O)C4OC(=O)/C=C\c4ccc(O)cc4)c(OC)c(OC)c3c1=O)OCO2. The first-order valence-electron chi connectivity index (χ1n) is 14.8. The highest BCUT2D eigenvalue weighted by molar-refractivity contribution is 5.92. The van der Waals surface area contributed by atoms with Gasteiger partial charge in [-0.2, -0.15) is 0 Å². The van der Waals surface area contributed by atoms with Gasteiger partial charge in [-0.3, -0.25) is 4.79 Å². The summed E-state index contributed by atoms with van der Waals surface area (Å²) in [6.45, 7) is -0.697. The molecule has 1 saturated heterocycles. The summed E-state index contributed by atoms with van der Waals surface area (Å²) >= 11 is 0. The molecule has 2 aliphatic heterocycles. The Morgan fingerprint density at radius 2 is 1.63 bits per heavy atom. The number of hydrogen-bond donors (Lipinski definition) is 4. The number of phenolic OH excluding ortho intramolecular Hbond substituents is 1. The van der Waals surface area contributed by atoms with Crippen molar-refractivity contribution in [3.05, 3.63) is 70.6 Å². The number of rotatable bonds is 10. The van der Waals surface area contributed by atoms with E-state index in [0.717, 1.165) is 6.08 Å². The molecule has 0 amide bonds. The van der Waals surface area contributed by atoms with E-state index in [-0.39, 0.29) is 46.3 Å². The lowest BCUT2D eigenvalue weighted by Crippen LogP contribution is -2.61. The Morgan fingerprint density at radius 3 is 2.31 bits per heavy atom. The molecule has 0 aliphatic carbocycles. The smallest absolute Gasteiger partial charge is 0.331 e. The third kappa shape index (κ3) is 6.39. The summed E-state index contributed by atoms with van der Waals surface area (Å²) in [4.78, 5) is 26.8. The summed E-state index contributed by atoms with van der Waals surface area (Å²) < 4.78 is 50.7. The first kappa shape index (κ1) is 33.4. The van der Waals surface area contributed by atoms with E-state index in [1.165, 1.54) is 51.9 Å². The quantitative estimate of drug-likeness (QED) is 0.140. The highest BCUT2D eigenvalue weighted by Gasteiger charge is 2.48. The molecule has 3 aromatic carbocycles. The summed E-state index contributed by atoms with van der Waals surface area (Å²) in [7, 11) is 4.04. The fourth-order valence-corrected chi connectivity index (χ4v) is 5.50. The summed E-state index contributed by atoms with van der Waals surface area (Å²) in [5, 5.41) is 40.8. The van der Waals surface area contributed by atoms with Gasteiger partial charge < -0.3 is 62.7 Å². The summed E-state index contributed by atoms with van der Waals surface area (Å²) in [5.74, 6) is 0.0311. The second-order valence-electron chi connectivity index (χ2n) is 10.8. The predicted molar refractivity (Wildman–Crippen MR) is 169 cm³/mol. The molecule has 0 saturated carbocycles. The third-order valence-corrected chi connectivity index (χ3v) is 7.96. The van der Waals surface area contributed by atoms with Crippen LogP contribution in [0.15, 0.2) is 64.0 Å². The van der Waals surface area contributed by atoms with Crippen LogP contribution in [0.3, 0.4) is 0 Å². The number of benzene rings is 3. The molecule has 5 atom stereocenters. The zero-order valence-corrected chi connectivity index (χ0v) is 26.4. The van der Waals surface area contributed by atoms with Gasteiger partial charge in [0.25, 0.3) is 0 Å². The van der Waals surface area contributed by atoms with Gasteiger partial charge in [-0.1, -0.05) is 12.1 Å². The lowest BCUT2D eigenvalue weighted by Gasteiger charge is -2.41. The molecule has 4 aromatic rings. The Labute approximate surface area is 277 Å². The van der Waals surface area contributed by atoms with Crippen molar-refractivity contribution >= 4 is 23.0 Å². The van der Waals surface area contributed by atoms with Crippen molar-refractivity contribution in [1.82, 2.24) is 0 Å². The molecule has 258 valence electrons. The number of aliphatic hydroxyl groups is 3. The minimum absolute atomic E-state index is 0.00147. The van der Waals surface area contributed by atoms with Gasteiger partial charge in [0.1, 0.15) is 47.0 Å². The van der Waals surface area contributed by atoms with Gasteiger partial charge in [0.15, 0.2) is 29.1 Å². The Morgan fingerprint density at radius 1 is 0.918 bits per heavy atom. The molecule has 49 heavy (non-hydrogen) atoms. The fraction of sp³-hybridized carbons (Fsp3) is 0.294. The van der Waals surface area contributed by atoms with Crippen LogP contribution in [-0.2, 0) is 14.3 Å². The van der Waals surface area contributed by atoms with Crippen LogP contribution >= 0.6 is 0 Å². The summed E-state index contributed by atoms with van der Waals surface area (Å²) in [6, 6.07) is 10.5. The summed E-state index contributed by atoms with van der Waals surface area (Å²) in [5.41, 5.74) is 0.535. The van der Waals surface area contributed by atoms with Crippen LogP contribution in [0.2, 0.25) is 0 Å². The molecule has 15 nitrogen and oxygen atoms in total. The maximum absolute atomic E-state index is 14.0. The van der Waals surface area contributed by atoms with E-state index in [2.05, 4.69) is 0 Å². The zero-order valence-electron chi connectivity index (χ0n) is 26.4. The molecule has 0 radical (unpaired) electrons. The van der Waals surface area contributed by atoms with Crippen LogP contribution in [-0.4, -0.2) is 91.8 Å². The lowest BCUT2D eigenvalue weighted by atomic mass is 9.99. The number of esters is 1. The molecular formula is C34H32O15. The van der Waals surface area contributed by atoms with Crippen molar-refractivity contribution in [2.24, 2.45) is 0 Å². The van der Waals surface area contributed by atoms with Crippen molar-refractivity contribution in [3.63, 3.8) is 0 Å². The number of aromatic hydroxyl groups is 1. The number of carbonyl (C=O) groups is 1. The van der Waals surface area contributed by atoms with Crippen LogP contribution < -0.4 is 33.8 Å². The Kier molecular flexibility index (Phi) is 9.51. The molecule has 0 spiro atoms. The van der Waals surface area contributed by atoms with Crippen molar-refractivity contribution in [3.8, 4) is 51.4 Å².